The van der Waals surface area contributed by atoms with Gasteiger partial charge in [0.15, 0.2) is 0 Å². The van der Waals surface area contributed by atoms with Crippen LogP contribution in [-0.4, -0.2) is 85.3 Å². The summed E-state index contributed by atoms with van der Waals surface area (Å²) in [5.74, 6) is 0.0661. The Hall–Kier alpha value is -2.20. The van der Waals surface area contributed by atoms with E-state index in [0.717, 1.165) is 24.9 Å². The largest absolute Gasteiger partial charge is 0.388 e. The number of benzene rings is 1. The van der Waals surface area contributed by atoms with E-state index in [0.29, 0.717) is 13.0 Å². The van der Waals surface area contributed by atoms with Gasteiger partial charge in [-0.1, -0.05) is 30.3 Å². The summed E-state index contributed by atoms with van der Waals surface area (Å²) < 4.78 is 17.2. The van der Waals surface area contributed by atoms with E-state index in [4.69, 9.17) is 14.2 Å². The van der Waals surface area contributed by atoms with Gasteiger partial charge in [0.1, 0.15) is 18.3 Å². The van der Waals surface area contributed by atoms with Crippen LogP contribution in [-0.2, 0) is 19.0 Å². The number of carbonyl (C=O) groups is 2. The van der Waals surface area contributed by atoms with Crippen molar-refractivity contribution in [1.29, 1.82) is 0 Å². The molecular weight excluding hydrogens is 426 g/mol. The van der Waals surface area contributed by atoms with Gasteiger partial charge in [-0.15, -0.1) is 0 Å². The lowest BCUT2D eigenvalue weighted by atomic mass is 10.1. The third-order valence-corrected chi connectivity index (χ3v) is 6.85. The van der Waals surface area contributed by atoms with Gasteiger partial charge in [-0.3, -0.25) is 4.79 Å². The number of aliphatic hydroxyl groups is 1. The molecule has 1 aromatic rings. The van der Waals surface area contributed by atoms with E-state index in [2.05, 4.69) is 10.6 Å². The molecule has 3 aliphatic rings. The Morgan fingerprint density at radius 3 is 2.79 bits per heavy atom. The number of fused-ring (bicyclic) bond motifs is 1. The van der Waals surface area contributed by atoms with Crippen LogP contribution < -0.4 is 10.6 Å². The van der Waals surface area contributed by atoms with E-state index < -0.39 is 18.3 Å². The minimum absolute atomic E-state index is 0.0661. The number of aliphatic hydroxyl groups excluding tert-OH is 1. The van der Waals surface area contributed by atoms with Crippen LogP contribution >= 0.6 is 0 Å². The molecule has 0 unspecified atom stereocenters. The third kappa shape index (κ3) is 5.66. The Morgan fingerprint density at radius 2 is 2.06 bits per heavy atom. The fourth-order valence-electron chi connectivity index (χ4n) is 5.12. The number of methoxy groups -OCH3 is 1. The lowest BCUT2D eigenvalue weighted by Crippen LogP contribution is -2.45. The summed E-state index contributed by atoms with van der Waals surface area (Å²) in [4.78, 5) is 26.9. The number of ether oxygens (including phenoxy) is 3. The lowest BCUT2D eigenvalue weighted by molar-refractivity contribution is -0.136. The zero-order chi connectivity index (χ0) is 23.4. The van der Waals surface area contributed by atoms with Gasteiger partial charge in [-0.05, 0) is 25.3 Å². The Bertz CT molecular complexity index is 809. The second kappa shape index (κ2) is 10.8. The molecule has 0 aliphatic carbocycles. The molecule has 3 amide bonds. The van der Waals surface area contributed by atoms with Crippen LogP contribution in [0.1, 0.15) is 44.2 Å². The smallest absolute Gasteiger partial charge is 0.315 e. The Morgan fingerprint density at radius 1 is 1.27 bits per heavy atom. The topological polar surface area (TPSA) is 109 Å². The van der Waals surface area contributed by atoms with E-state index in [9.17, 15) is 14.7 Å². The molecule has 3 fully saturated rings. The summed E-state index contributed by atoms with van der Waals surface area (Å²) in [6.45, 7) is 3.40. The summed E-state index contributed by atoms with van der Waals surface area (Å²) in [5, 5.41) is 16.3. The first-order valence-corrected chi connectivity index (χ1v) is 11.8. The Labute approximate surface area is 194 Å². The number of rotatable bonds is 8. The van der Waals surface area contributed by atoms with Crippen LogP contribution in [0, 0.1) is 0 Å². The van der Waals surface area contributed by atoms with Crippen LogP contribution in [0.3, 0.4) is 0 Å². The van der Waals surface area contributed by atoms with Crippen LogP contribution in [0.25, 0.3) is 0 Å². The predicted octanol–water partition coefficient (Wildman–Crippen LogP) is 1.36. The van der Waals surface area contributed by atoms with E-state index in [1.807, 2.05) is 42.2 Å². The number of hydrogen-bond donors (Lipinski definition) is 3. The monoisotopic (exact) mass is 461 g/mol. The number of carbonyl (C=O) groups excluding carboxylic acids is 2. The predicted molar refractivity (Wildman–Crippen MR) is 121 cm³/mol. The van der Waals surface area contributed by atoms with Gasteiger partial charge in [-0.2, -0.15) is 0 Å². The number of nitrogens with one attached hydrogen (secondary N) is 2. The van der Waals surface area contributed by atoms with Crippen molar-refractivity contribution in [3.63, 3.8) is 0 Å². The van der Waals surface area contributed by atoms with Crippen molar-refractivity contribution in [2.75, 3.05) is 26.8 Å². The molecule has 0 bridgehead atoms. The highest BCUT2D eigenvalue weighted by atomic mass is 16.6. The number of nitrogens with zero attached hydrogens (tertiary/aromatic N) is 1. The van der Waals surface area contributed by atoms with Gasteiger partial charge in [0.05, 0.1) is 37.3 Å². The standard InChI is InChI=1S/C24H35N3O6/c1-15(16-7-4-3-5-8-16)26-24(30)25-13-20-22(29)23-19(33-20)11-18(32-23)12-21(28)27-10-6-9-17(27)14-31-2/h3-5,7-8,15,17-20,22-23,29H,6,9-14H2,1-2H3,(H2,25,26,30)/t15-,17+,18-,19+,20+,22+,23-/m0/s1. The summed E-state index contributed by atoms with van der Waals surface area (Å²) >= 11 is 0. The maximum atomic E-state index is 12.8. The van der Waals surface area contributed by atoms with Gasteiger partial charge in [0.25, 0.3) is 0 Å². The molecule has 9 nitrogen and oxygen atoms in total. The number of amides is 3. The van der Waals surface area contributed by atoms with Crippen molar-refractivity contribution >= 4 is 11.9 Å². The minimum atomic E-state index is -0.852. The molecule has 3 heterocycles. The van der Waals surface area contributed by atoms with Crippen LogP contribution in [0.2, 0.25) is 0 Å². The zero-order valence-electron chi connectivity index (χ0n) is 19.3. The van der Waals surface area contributed by atoms with E-state index in [-0.39, 0.29) is 49.2 Å². The molecular formula is C24H35N3O6. The van der Waals surface area contributed by atoms with Crippen molar-refractivity contribution in [3.05, 3.63) is 35.9 Å². The molecule has 3 aliphatic heterocycles. The number of hydrogen-bond acceptors (Lipinski definition) is 6. The van der Waals surface area contributed by atoms with E-state index >= 15 is 0 Å². The first-order chi connectivity index (χ1) is 16.0. The second-order valence-corrected chi connectivity index (χ2v) is 9.19. The summed E-state index contributed by atoms with van der Waals surface area (Å²) in [6.07, 6.45) is 0.383. The van der Waals surface area contributed by atoms with Gasteiger partial charge in [-0.25, -0.2) is 4.79 Å². The van der Waals surface area contributed by atoms with Crippen molar-refractivity contribution < 1.29 is 28.9 Å². The van der Waals surface area contributed by atoms with Crippen LogP contribution in [0.15, 0.2) is 30.3 Å². The summed E-state index contributed by atoms with van der Waals surface area (Å²) in [5.41, 5.74) is 1.01. The van der Waals surface area contributed by atoms with Gasteiger partial charge in [0.2, 0.25) is 5.91 Å². The second-order valence-electron chi connectivity index (χ2n) is 9.19. The van der Waals surface area contributed by atoms with Gasteiger partial charge in [0, 0.05) is 26.6 Å². The third-order valence-electron chi connectivity index (χ3n) is 6.85. The van der Waals surface area contributed by atoms with Gasteiger partial charge >= 0.3 is 6.03 Å². The maximum absolute atomic E-state index is 12.8. The Kier molecular flexibility index (Phi) is 7.85. The van der Waals surface area contributed by atoms with Gasteiger partial charge < -0.3 is 34.9 Å². The minimum Gasteiger partial charge on any atom is -0.388 e. The number of likely N-dealkylation sites (tertiary alicyclic amines) is 1. The van der Waals surface area contributed by atoms with Crippen molar-refractivity contribution in [2.45, 2.75) is 75.2 Å². The lowest BCUT2D eigenvalue weighted by Gasteiger charge is -2.26. The molecule has 3 saturated heterocycles. The molecule has 4 rings (SSSR count). The molecule has 33 heavy (non-hydrogen) atoms. The maximum Gasteiger partial charge on any atom is 0.315 e. The molecule has 0 aromatic heterocycles. The highest BCUT2D eigenvalue weighted by Crippen LogP contribution is 2.36. The molecule has 9 heteroatoms. The van der Waals surface area contributed by atoms with Crippen molar-refractivity contribution in [1.82, 2.24) is 15.5 Å². The molecule has 0 spiro atoms. The molecule has 7 atom stereocenters. The molecule has 0 saturated carbocycles. The molecule has 3 N–H and O–H groups in total. The van der Waals surface area contributed by atoms with Crippen LogP contribution in [0.4, 0.5) is 4.79 Å². The quantitative estimate of drug-likeness (QED) is 0.539. The SMILES string of the molecule is COC[C@H]1CCCN1C(=O)C[C@@H]1C[C@H]2O[C@H](CNC(=O)N[C@@H](C)c3ccccc3)[C@@H](O)[C@H]2O1. The highest BCUT2D eigenvalue weighted by molar-refractivity contribution is 5.77. The zero-order valence-corrected chi connectivity index (χ0v) is 19.3. The summed E-state index contributed by atoms with van der Waals surface area (Å²) in [6, 6.07) is 9.37. The van der Waals surface area contributed by atoms with E-state index in [1.54, 1.807) is 7.11 Å². The normalized spacial score (nSPS) is 31.9. The summed E-state index contributed by atoms with van der Waals surface area (Å²) in [7, 11) is 1.65. The molecule has 182 valence electrons. The van der Waals surface area contributed by atoms with E-state index in [1.165, 1.54) is 0 Å². The fourth-order valence-corrected chi connectivity index (χ4v) is 5.12. The average Bonchev–Trinajstić information content (AvgIpc) is 3.50. The highest BCUT2D eigenvalue weighted by Gasteiger charge is 2.50. The Balaban J connectivity index is 1.20. The molecule has 0 radical (unpaired) electrons. The average molecular weight is 462 g/mol. The van der Waals surface area contributed by atoms with Crippen molar-refractivity contribution in [3.8, 4) is 0 Å². The number of urea groups is 1. The first kappa shape index (κ1) is 23.9. The van der Waals surface area contributed by atoms with Crippen LogP contribution in [0.5, 0.6) is 0 Å². The first-order valence-electron chi connectivity index (χ1n) is 11.8. The molecule has 1 aromatic carbocycles. The fraction of sp³-hybridized carbons (Fsp3) is 0.667. The van der Waals surface area contributed by atoms with Crippen molar-refractivity contribution in [2.24, 2.45) is 0 Å².